The number of guanidine groups is 1. The van der Waals surface area contributed by atoms with Crippen LogP contribution < -0.4 is 15.4 Å². The Balaban J connectivity index is 0.00000300. The fraction of sp³-hybridized carbons (Fsp3) is 0.455. The van der Waals surface area contributed by atoms with Gasteiger partial charge in [-0.3, -0.25) is 4.90 Å². The molecule has 2 unspecified atom stereocenters. The molecule has 0 saturated carbocycles. The number of halogens is 1. The molecule has 3 rings (SSSR count). The first-order valence-electron chi connectivity index (χ1n) is 9.99. The number of benzene rings is 1. The van der Waals surface area contributed by atoms with E-state index in [1.54, 1.807) is 7.11 Å². The summed E-state index contributed by atoms with van der Waals surface area (Å²) in [5.74, 6) is 1.48. The van der Waals surface area contributed by atoms with Crippen LogP contribution in [0.5, 0.6) is 5.88 Å². The lowest BCUT2D eigenvalue weighted by molar-refractivity contribution is 0.258. The number of nitrogens with zero attached hydrogens (tertiary/aromatic N) is 3. The summed E-state index contributed by atoms with van der Waals surface area (Å²) in [4.78, 5) is 11.5. The topological polar surface area (TPSA) is 61.8 Å². The largest absolute Gasteiger partial charge is 0.481 e. The zero-order chi connectivity index (χ0) is 19.8. The van der Waals surface area contributed by atoms with Crippen molar-refractivity contribution in [2.24, 2.45) is 4.99 Å². The van der Waals surface area contributed by atoms with E-state index in [0.29, 0.717) is 24.5 Å². The predicted octanol–water partition coefficient (Wildman–Crippen LogP) is 3.43. The van der Waals surface area contributed by atoms with Gasteiger partial charge in [0, 0.05) is 44.0 Å². The van der Waals surface area contributed by atoms with Gasteiger partial charge in [0.25, 0.3) is 0 Å². The fourth-order valence-electron chi connectivity index (χ4n) is 3.55. The van der Waals surface area contributed by atoms with E-state index in [1.165, 1.54) is 5.56 Å². The van der Waals surface area contributed by atoms with E-state index in [4.69, 9.17) is 9.73 Å². The minimum absolute atomic E-state index is 0. The average Bonchev–Trinajstić information content (AvgIpc) is 3.06. The molecule has 2 atom stereocenters. The summed E-state index contributed by atoms with van der Waals surface area (Å²) in [7, 11) is 1.62. The van der Waals surface area contributed by atoms with Crippen LogP contribution in [0.3, 0.4) is 0 Å². The molecule has 0 amide bonds. The zero-order valence-corrected chi connectivity index (χ0v) is 19.8. The number of hydrogen-bond donors (Lipinski definition) is 2. The molecule has 7 heteroatoms. The van der Waals surface area contributed by atoms with Crippen molar-refractivity contribution in [2.45, 2.75) is 45.4 Å². The van der Waals surface area contributed by atoms with Crippen molar-refractivity contribution in [1.82, 2.24) is 20.5 Å². The number of aliphatic imine (C=N–C) groups is 1. The molecule has 29 heavy (non-hydrogen) atoms. The second-order valence-corrected chi connectivity index (χ2v) is 7.25. The third-order valence-electron chi connectivity index (χ3n) is 5.04. The Labute approximate surface area is 191 Å². The summed E-state index contributed by atoms with van der Waals surface area (Å²) in [5.41, 5.74) is 2.42. The monoisotopic (exact) mass is 509 g/mol. The minimum Gasteiger partial charge on any atom is -0.481 e. The zero-order valence-electron chi connectivity index (χ0n) is 17.5. The Morgan fingerprint density at radius 3 is 2.66 bits per heavy atom. The molecule has 1 aliphatic heterocycles. The molecule has 1 aromatic carbocycles. The number of methoxy groups -OCH3 is 1. The van der Waals surface area contributed by atoms with Gasteiger partial charge in [0.1, 0.15) is 0 Å². The van der Waals surface area contributed by atoms with Crippen LogP contribution >= 0.6 is 24.0 Å². The summed E-state index contributed by atoms with van der Waals surface area (Å²) in [5, 5.41) is 6.96. The Morgan fingerprint density at radius 2 is 2.00 bits per heavy atom. The predicted molar refractivity (Wildman–Crippen MR) is 129 cm³/mol. The van der Waals surface area contributed by atoms with Crippen LogP contribution in [-0.2, 0) is 13.1 Å². The summed E-state index contributed by atoms with van der Waals surface area (Å²) in [6.45, 7) is 7.82. The second kappa shape index (κ2) is 12.0. The molecule has 1 aromatic heterocycles. The molecular formula is C22H32IN5O. The van der Waals surface area contributed by atoms with E-state index in [1.807, 2.05) is 18.3 Å². The van der Waals surface area contributed by atoms with Gasteiger partial charge in [-0.15, -0.1) is 24.0 Å². The maximum absolute atomic E-state index is 5.11. The van der Waals surface area contributed by atoms with E-state index in [2.05, 4.69) is 64.7 Å². The summed E-state index contributed by atoms with van der Waals surface area (Å²) in [6, 6.07) is 15.5. The van der Waals surface area contributed by atoms with Gasteiger partial charge in [-0.05, 0) is 31.4 Å². The Kier molecular flexibility index (Phi) is 9.66. The van der Waals surface area contributed by atoms with Crippen LogP contribution in [0.2, 0.25) is 0 Å². The minimum atomic E-state index is 0. The molecule has 0 spiro atoms. The van der Waals surface area contributed by atoms with Crippen LogP contribution in [0, 0.1) is 0 Å². The normalized spacial score (nSPS) is 19.5. The highest BCUT2D eigenvalue weighted by Gasteiger charge is 2.29. The molecule has 158 valence electrons. The Bertz CT molecular complexity index is 754. The smallest absolute Gasteiger partial charge is 0.212 e. The molecule has 0 aliphatic carbocycles. The van der Waals surface area contributed by atoms with Gasteiger partial charge in [0.2, 0.25) is 5.88 Å². The summed E-state index contributed by atoms with van der Waals surface area (Å²) >= 11 is 0. The van der Waals surface area contributed by atoms with E-state index < -0.39 is 0 Å². The molecule has 2 aromatic rings. The van der Waals surface area contributed by atoms with Crippen molar-refractivity contribution < 1.29 is 4.74 Å². The number of aromatic nitrogens is 1. The van der Waals surface area contributed by atoms with E-state index in [9.17, 15) is 0 Å². The van der Waals surface area contributed by atoms with Crippen LogP contribution in [0.4, 0.5) is 0 Å². The van der Waals surface area contributed by atoms with Gasteiger partial charge < -0.3 is 15.4 Å². The first-order valence-corrected chi connectivity index (χ1v) is 9.99. The van der Waals surface area contributed by atoms with E-state index >= 15 is 0 Å². The quantitative estimate of drug-likeness (QED) is 0.340. The SMILES string of the molecule is CCNC(=NCc1ccc(OC)nc1)NC1CC(C)N(Cc2ccccc2)C1.I. The van der Waals surface area contributed by atoms with Crippen LogP contribution in [0.25, 0.3) is 0 Å². The number of likely N-dealkylation sites (tertiary alicyclic amines) is 1. The lowest BCUT2D eigenvalue weighted by atomic mass is 10.2. The summed E-state index contributed by atoms with van der Waals surface area (Å²) in [6.07, 6.45) is 2.92. The molecule has 1 fully saturated rings. The number of ether oxygens (including phenoxy) is 1. The third-order valence-corrected chi connectivity index (χ3v) is 5.04. The van der Waals surface area contributed by atoms with Crippen molar-refractivity contribution in [2.75, 3.05) is 20.2 Å². The third kappa shape index (κ3) is 7.15. The first kappa shape index (κ1) is 23.4. The second-order valence-electron chi connectivity index (χ2n) is 7.25. The Morgan fingerprint density at radius 1 is 1.21 bits per heavy atom. The highest BCUT2D eigenvalue weighted by Crippen LogP contribution is 2.20. The number of nitrogens with one attached hydrogen (secondary N) is 2. The molecule has 0 radical (unpaired) electrons. The number of pyridine rings is 1. The van der Waals surface area contributed by atoms with Crippen LogP contribution in [0.15, 0.2) is 53.7 Å². The summed E-state index contributed by atoms with van der Waals surface area (Å²) < 4.78 is 5.11. The van der Waals surface area contributed by atoms with Gasteiger partial charge >= 0.3 is 0 Å². The molecule has 2 heterocycles. The molecule has 6 nitrogen and oxygen atoms in total. The van der Waals surface area contributed by atoms with Crippen molar-refractivity contribution in [3.05, 3.63) is 59.8 Å². The highest BCUT2D eigenvalue weighted by molar-refractivity contribution is 14.0. The van der Waals surface area contributed by atoms with Gasteiger partial charge in [0.05, 0.1) is 13.7 Å². The molecular weight excluding hydrogens is 477 g/mol. The average molecular weight is 509 g/mol. The number of hydrogen-bond acceptors (Lipinski definition) is 4. The van der Waals surface area contributed by atoms with E-state index in [0.717, 1.165) is 37.6 Å². The molecule has 1 aliphatic rings. The molecule has 1 saturated heterocycles. The van der Waals surface area contributed by atoms with Gasteiger partial charge in [-0.1, -0.05) is 36.4 Å². The maximum atomic E-state index is 5.11. The lowest BCUT2D eigenvalue weighted by Crippen LogP contribution is -2.44. The first-order chi connectivity index (χ1) is 13.7. The van der Waals surface area contributed by atoms with Gasteiger partial charge in [-0.25, -0.2) is 9.98 Å². The number of rotatable bonds is 7. The van der Waals surface area contributed by atoms with Crippen molar-refractivity contribution in [1.29, 1.82) is 0 Å². The van der Waals surface area contributed by atoms with Gasteiger partial charge in [-0.2, -0.15) is 0 Å². The standard InChI is InChI=1S/C22H31N5O.HI/c1-4-23-22(25-14-19-10-11-21(28-3)24-13-19)26-20-12-17(2)27(16-20)15-18-8-6-5-7-9-18;/h5-11,13,17,20H,4,12,14-16H2,1-3H3,(H2,23,25,26);1H. The fourth-order valence-corrected chi connectivity index (χ4v) is 3.55. The van der Waals surface area contributed by atoms with E-state index in [-0.39, 0.29) is 24.0 Å². The van der Waals surface area contributed by atoms with Crippen LogP contribution in [0.1, 0.15) is 31.4 Å². The Hall–Kier alpha value is -1.87. The maximum Gasteiger partial charge on any atom is 0.212 e. The highest BCUT2D eigenvalue weighted by atomic mass is 127. The van der Waals surface area contributed by atoms with Crippen molar-refractivity contribution in [3.63, 3.8) is 0 Å². The van der Waals surface area contributed by atoms with Gasteiger partial charge in [0.15, 0.2) is 5.96 Å². The lowest BCUT2D eigenvalue weighted by Gasteiger charge is -2.21. The van der Waals surface area contributed by atoms with Crippen LogP contribution in [-0.4, -0.2) is 48.1 Å². The molecule has 2 N–H and O–H groups in total. The molecule has 0 bridgehead atoms. The van der Waals surface area contributed by atoms with Crippen molar-refractivity contribution >= 4 is 29.9 Å². The van der Waals surface area contributed by atoms with Crippen molar-refractivity contribution in [3.8, 4) is 5.88 Å².